The van der Waals surface area contributed by atoms with Crippen molar-refractivity contribution in [1.82, 2.24) is 30.2 Å². The zero-order chi connectivity index (χ0) is 17.9. The van der Waals surface area contributed by atoms with Crippen LogP contribution in [0.15, 0.2) is 35.1 Å². The molecule has 1 fully saturated rings. The first kappa shape index (κ1) is 16.2. The van der Waals surface area contributed by atoms with Crippen molar-refractivity contribution in [3.05, 3.63) is 47.9 Å². The minimum Gasteiger partial charge on any atom is -0.368 e. The molecule has 3 aromatic rings. The van der Waals surface area contributed by atoms with Crippen LogP contribution in [0.25, 0.3) is 5.82 Å². The molecule has 1 aliphatic rings. The summed E-state index contributed by atoms with van der Waals surface area (Å²) in [6, 6.07) is 5.37. The first-order valence-electron chi connectivity index (χ1n) is 8.53. The molecule has 3 aromatic heterocycles. The van der Waals surface area contributed by atoms with Crippen molar-refractivity contribution in [3.8, 4) is 5.82 Å². The predicted octanol–water partition coefficient (Wildman–Crippen LogP) is 1.68. The van der Waals surface area contributed by atoms with Crippen molar-refractivity contribution >= 4 is 11.7 Å². The van der Waals surface area contributed by atoms with Crippen LogP contribution in [0, 0.1) is 6.92 Å². The smallest absolute Gasteiger partial charge is 0.273 e. The molecule has 9 heteroatoms. The van der Waals surface area contributed by atoms with E-state index in [9.17, 15) is 4.79 Å². The van der Waals surface area contributed by atoms with E-state index in [0.29, 0.717) is 42.2 Å². The van der Waals surface area contributed by atoms with Gasteiger partial charge in [0.25, 0.3) is 5.91 Å². The van der Waals surface area contributed by atoms with Crippen molar-refractivity contribution in [3.63, 3.8) is 0 Å². The number of nitrogens with one attached hydrogen (secondary N) is 2. The Kier molecular flexibility index (Phi) is 4.34. The number of nitrogens with zero attached hydrogens (tertiary/aromatic N) is 5. The fraction of sp³-hybridized carbons (Fsp3) is 0.353. The summed E-state index contributed by atoms with van der Waals surface area (Å²) in [6.45, 7) is 2.78. The van der Waals surface area contributed by atoms with Gasteiger partial charge in [-0.15, -0.1) is 0 Å². The molecular weight excluding hydrogens is 334 g/mol. The third-order valence-corrected chi connectivity index (χ3v) is 4.02. The summed E-state index contributed by atoms with van der Waals surface area (Å²) in [5.41, 5.74) is 0.325. The summed E-state index contributed by atoms with van der Waals surface area (Å²) in [5, 5.41) is 14.0. The van der Waals surface area contributed by atoms with Gasteiger partial charge in [-0.2, -0.15) is 5.10 Å². The fourth-order valence-electron chi connectivity index (χ4n) is 2.58. The van der Waals surface area contributed by atoms with Crippen molar-refractivity contribution in [2.75, 3.05) is 18.4 Å². The number of anilines is 1. The molecule has 2 N–H and O–H groups in total. The van der Waals surface area contributed by atoms with Gasteiger partial charge in [-0.1, -0.05) is 5.16 Å². The predicted molar refractivity (Wildman–Crippen MR) is 93.2 cm³/mol. The van der Waals surface area contributed by atoms with Crippen molar-refractivity contribution in [2.24, 2.45) is 0 Å². The maximum Gasteiger partial charge on any atom is 0.273 e. The van der Waals surface area contributed by atoms with Crippen LogP contribution in [0.4, 0.5) is 5.82 Å². The lowest BCUT2D eigenvalue weighted by Gasteiger charge is -2.09. The topological polar surface area (TPSA) is 111 Å². The molecule has 134 valence electrons. The third kappa shape index (κ3) is 3.71. The Morgan fingerprint density at radius 2 is 2.19 bits per heavy atom. The van der Waals surface area contributed by atoms with E-state index in [4.69, 9.17) is 4.52 Å². The van der Waals surface area contributed by atoms with Gasteiger partial charge in [0.2, 0.25) is 0 Å². The molecule has 0 bridgehead atoms. The molecule has 0 atom stereocenters. The van der Waals surface area contributed by atoms with Crippen LogP contribution >= 0.6 is 0 Å². The minimum absolute atomic E-state index is 0.237. The zero-order valence-corrected chi connectivity index (χ0v) is 14.3. The minimum atomic E-state index is -0.237. The van der Waals surface area contributed by atoms with E-state index in [1.165, 1.54) is 0 Å². The third-order valence-electron chi connectivity index (χ3n) is 4.02. The second kappa shape index (κ2) is 6.95. The molecule has 1 aliphatic carbocycles. The zero-order valence-electron chi connectivity index (χ0n) is 14.3. The number of aromatic nitrogens is 5. The number of rotatable bonds is 7. The van der Waals surface area contributed by atoms with Gasteiger partial charge in [0, 0.05) is 43.5 Å². The number of carbonyl (C=O) groups is 1. The maximum atomic E-state index is 12.1. The monoisotopic (exact) mass is 353 g/mol. The summed E-state index contributed by atoms with van der Waals surface area (Å²) in [6.07, 6.45) is 5.73. The van der Waals surface area contributed by atoms with Gasteiger partial charge >= 0.3 is 0 Å². The largest absolute Gasteiger partial charge is 0.368 e. The summed E-state index contributed by atoms with van der Waals surface area (Å²) >= 11 is 0. The fourth-order valence-corrected chi connectivity index (χ4v) is 2.58. The maximum absolute atomic E-state index is 12.1. The quantitative estimate of drug-likeness (QED) is 0.622. The molecule has 4 rings (SSSR count). The number of hydrogen-bond acceptors (Lipinski definition) is 7. The van der Waals surface area contributed by atoms with Gasteiger partial charge in [0.1, 0.15) is 17.4 Å². The molecule has 1 saturated carbocycles. The lowest BCUT2D eigenvalue weighted by atomic mass is 10.3. The summed E-state index contributed by atoms with van der Waals surface area (Å²) < 4.78 is 6.87. The molecule has 0 saturated heterocycles. The number of aryl methyl sites for hydroxylation is 1. The Hall–Kier alpha value is -3.23. The Balaban J connectivity index is 1.29. The standard InChI is InChI=1S/C17H19N7O2/c1-11-21-15(10-16(22-11)24-8-2-5-20-24)18-6-7-19-17(25)13-9-14(26-23-13)12-3-4-12/h2,5,8-10,12H,3-4,6-7H2,1H3,(H,19,25)(H,18,21,22). The lowest BCUT2D eigenvalue weighted by molar-refractivity contribution is 0.0946. The Morgan fingerprint density at radius 3 is 2.96 bits per heavy atom. The highest BCUT2D eigenvalue weighted by atomic mass is 16.5. The van der Waals surface area contributed by atoms with Gasteiger partial charge in [0.15, 0.2) is 11.5 Å². The van der Waals surface area contributed by atoms with Crippen LogP contribution in [0.3, 0.4) is 0 Å². The highest BCUT2D eigenvalue weighted by molar-refractivity contribution is 5.92. The van der Waals surface area contributed by atoms with Crippen LogP contribution < -0.4 is 10.6 Å². The molecule has 9 nitrogen and oxygen atoms in total. The Labute approximate surface area is 149 Å². The molecule has 0 spiro atoms. The van der Waals surface area contributed by atoms with Crippen LogP contribution in [0.5, 0.6) is 0 Å². The summed E-state index contributed by atoms with van der Waals surface area (Å²) in [4.78, 5) is 20.8. The SMILES string of the molecule is Cc1nc(NCCNC(=O)c2cc(C3CC3)on2)cc(-n2cccn2)n1. The molecule has 0 radical (unpaired) electrons. The van der Waals surface area contributed by atoms with Gasteiger partial charge < -0.3 is 15.2 Å². The van der Waals surface area contributed by atoms with Crippen LogP contribution in [-0.2, 0) is 0 Å². The molecule has 0 aromatic carbocycles. The Bertz CT molecular complexity index is 900. The lowest BCUT2D eigenvalue weighted by Crippen LogP contribution is -2.29. The Morgan fingerprint density at radius 1 is 1.31 bits per heavy atom. The van der Waals surface area contributed by atoms with Crippen LogP contribution in [0.1, 0.15) is 40.8 Å². The van der Waals surface area contributed by atoms with E-state index in [-0.39, 0.29) is 5.91 Å². The second-order valence-corrected chi connectivity index (χ2v) is 6.18. The van der Waals surface area contributed by atoms with Crippen LogP contribution in [0.2, 0.25) is 0 Å². The number of amides is 1. The number of hydrogen-bond donors (Lipinski definition) is 2. The summed E-state index contributed by atoms with van der Waals surface area (Å²) in [5.74, 6) is 3.00. The van der Waals surface area contributed by atoms with Crippen molar-refractivity contribution in [1.29, 1.82) is 0 Å². The highest BCUT2D eigenvalue weighted by Crippen LogP contribution is 2.40. The highest BCUT2D eigenvalue weighted by Gasteiger charge is 2.28. The molecule has 1 amide bonds. The first-order chi connectivity index (χ1) is 12.7. The molecule has 26 heavy (non-hydrogen) atoms. The van der Waals surface area contributed by atoms with Crippen LogP contribution in [-0.4, -0.2) is 43.9 Å². The van der Waals surface area contributed by atoms with E-state index in [1.54, 1.807) is 23.0 Å². The van der Waals surface area contributed by atoms with Crippen molar-refractivity contribution in [2.45, 2.75) is 25.7 Å². The van der Waals surface area contributed by atoms with Crippen molar-refractivity contribution < 1.29 is 9.32 Å². The molecular formula is C17H19N7O2. The second-order valence-electron chi connectivity index (χ2n) is 6.18. The molecule has 0 aliphatic heterocycles. The normalized spacial score (nSPS) is 13.6. The molecule has 3 heterocycles. The summed E-state index contributed by atoms with van der Waals surface area (Å²) in [7, 11) is 0. The van der Waals surface area contributed by atoms with E-state index in [1.807, 2.05) is 19.2 Å². The van der Waals surface area contributed by atoms with E-state index in [0.717, 1.165) is 18.6 Å². The average molecular weight is 353 g/mol. The van der Waals surface area contributed by atoms with E-state index < -0.39 is 0 Å². The molecule has 0 unspecified atom stereocenters. The van der Waals surface area contributed by atoms with Gasteiger partial charge in [-0.3, -0.25) is 4.79 Å². The first-order valence-corrected chi connectivity index (χ1v) is 8.53. The number of carbonyl (C=O) groups excluding carboxylic acids is 1. The van der Waals surface area contributed by atoms with E-state index in [2.05, 4.69) is 30.9 Å². The van der Waals surface area contributed by atoms with E-state index >= 15 is 0 Å². The van der Waals surface area contributed by atoms with Gasteiger partial charge in [-0.25, -0.2) is 14.6 Å². The average Bonchev–Trinajstić information content (AvgIpc) is 3.13. The van der Waals surface area contributed by atoms with Gasteiger partial charge in [-0.05, 0) is 25.8 Å². The van der Waals surface area contributed by atoms with Gasteiger partial charge in [0.05, 0.1) is 0 Å².